The highest BCUT2D eigenvalue weighted by Gasteiger charge is 2.20. The number of rotatable bonds is 4. The summed E-state index contributed by atoms with van der Waals surface area (Å²) in [4.78, 5) is 8.96. The summed E-state index contributed by atoms with van der Waals surface area (Å²) < 4.78 is 0. The van der Waals surface area contributed by atoms with Crippen LogP contribution in [0.2, 0.25) is 0 Å². The van der Waals surface area contributed by atoms with E-state index in [0.29, 0.717) is 5.92 Å². The van der Waals surface area contributed by atoms with Gasteiger partial charge in [0.15, 0.2) is 5.82 Å². The Kier molecular flexibility index (Phi) is 4.38. The van der Waals surface area contributed by atoms with E-state index in [4.69, 9.17) is 10.8 Å². The minimum absolute atomic E-state index is 0.257. The molecule has 0 aliphatic carbocycles. The van der Waals surface area contributed by atoms with E-state index in [9.17, 15) is 0 Å². The second-order valence-electron chi connectivity index (χ2n) is 4.99. The molecule has 1 aromatic rings. The number of anilines is 2. The van der Waals surface area contributed by atoms with Gasteiger partial charge in [-0.1, -0.05) is 6.92 Å². The van der Waals surface area contributed by atoms with Crippen molar-refractivity contribution in [2.75, 3.05) is 50.0 Å². The van der Waals surface area contributed by atoms with Gasteiger partial charge in [-0.25, -0.2) is 4.98 Å². The molecule has 0 radical (unpaired) electrons. The van der Waals surface area contributed by atoms with Crippen LogP contribution in [0.25, 0.3) is 0 Å². The number of nitrogens with two attached hydrogens (primary N) is 1. The van der Waals surface area contributed by atoms with Crippen molar-refractivity contribution >= 4 is 11.5 Å². The average Bonchev–Trinajstić information content (AvgIpc) is 2.40. The number of hydrogen-bond donors (Lipinski definition) is 2. The molecule has 5 nitrogen and oxygen atoms in total. The topological polar surface area (TPSA) is 65.6 Å². The molecule has 0 bridgehead atoms. The SMILES string of the molecule is CC(CO)CN1CCN(c2ncccc2N)CC1. The second kappa shape index (κ2) is 6.02. The van der Waals surface area contributed by atoms with Crippen LogP contribution in [0.15, 0.2) is 18.3 Å². The van der Waals surface area contributed by atoms with Crippen molar-refractivity contribution < 1.29 is 5.11 Å². The number of aliphatic hydroxyl groups excluding tert-OH is 1. The van der Waals surface area contributed by atoms with Crippen molar-refractivity contribution in [3.05, 3.63) is 18.3 Å². The molecular formula is C13H22N4O. The molecule has 0 aromatic carbocycles. The first-order chi connectivity index (χ1) is 8.70. The molecule has 2 heterocycles. The molecule has 3 N–H and O–H groups in total. The van der Waals surface area contributed by atoms with E-state index in [-0.39, 0.29) is 6.61 Å². The second-order valence-corrected chi connectivity index (χ2v) is 4.99. The van der Waals surface area contributed by atoms with Crippen molar-refractivity contribution in [3.63, 3.8) is 0 Å². The Morgan fingerprint density at radius 1 is 1.39 bits per heavy atom. The lowest BCUT2D eigenvalue weighted by atomic mass is 10.1. The van der Waals surface area contributed by atoms with Gasteiger partial charge in [0.1, 0.15) is 0 Å². The zero-order chi connectivity index (χ0) is 13.0. The van der Waals surface area contributed by atoms with Gasteiger partial charge >= 0.3 is 0 Å². The largest absolute Gasteiger partial charge is 0.396 e. The van der Waals surface area contributed by atoms with Gasteiger partial charge in [-0.05, 0) is 18.1 Å². The molecular weight excluding hydrogens is 228 g/mol. The van der Waals surface area contributed by atoms with E-state index in [1.807, 2.05) is 12.1 Å². The first-order valence-corrected chi connectivity index (χ1v) is 6.49. The Bertz CT molecular complexity index is 377. The molecule has 0 saturated carbocycles. The summed E-state index contributed by atoms with van der Waals surface area (Å²) in [5.41, 5.74) is 6.68. The van der Waals surface area contributed by atoms with Crippen molar-refractivity contribution in [1.29, 1.82) is 0 Å². The van der Waals surface area contributed by atoms with Crippen LogP contribution < -0.4 is 10.6 Å². The van der Waals surface area contributed by atoms with E-state index >= 15 is 0 Å². The van der Waals surface area contributed by atoms with Gasteiger partial charge in [0, 0.05) is 45.5 Å². The lowest BCUT2D eigenvalue weighted by Gasteiger charge is -2.36. The van der Waals surface area contributed by atoms with Crippen molar-refractivity contribution in [1.82, 2.24) is 9.88 Å². The third-order valence-corrected chi connectivity index (χ3v) is 3.37. The third kappa shape index (κ3) is 3.11. The predicted octanol–water partition coefficient (Wildman–Crippen LogP) is 0.414. The first kappa shape index (κ1) is 13.1. The molecule has 1 saturated heterocycles. The highest BCUT2D eigenvalue weighted by atomic mass is 16.3. The Balaban J connectivity index is 1.89. The van der Waals surface area contributed by atoms with Gasteiger partial charge < -0.3 is 15.7 Å². The van der Waals surface area contributed by atoms with E-state index in [0.717, 1.165) is 44.2 Å². The van der Waals surface area contributed by atoms with Crippen LogP contribution in [-0.4, -0.2) is 54.3 Å². The van der Waals surface area contributed by atoms with E-state index in [1.54, 1.807) is 6.20 Å². The minimum Gasteiger partial charge on any atom is -0.396 e. The van der Waals surface area contributed by atoms with Crippen molar-refractivity contribution in [3.8, 4) is 0 Å². The monoisotopic (exact) mass is 250 g/mol. The number of pyridine rings is 1. The van der Waals surface area contributed by atoms with Gasteiger partial charge in [-0.3, -0.25) is 4.90 Å². The van der Waals surface area contributed by atoms with Gasteiger partial charge in [0.2, 0.25) is 0 Å². The summed E-state index contributed by atoms with van der Waals surface area (Å²) in [6.07, 6.45) is 1.78. The zero-order valence-corrected chi connectivity index (χ0v) is 10.9. The molecule has 0 spiro atoms. The molecule has 1 unspecified atom stereocenters. The summed E-state index contributed by atoms with van der Waals surface area (Å²) in [6.45, 7) is 7.18. The highest BCUT2D eigenvalue weighted by molar-refractivity contribution is 5.62. The molecule has 100 valence electrons. The molecule has 1 aliphatic rings. The van der Waals surface area contributed by atoms with E-state index in [2.05, 4.69) is 21.7 Å². The predicted molar refractivity (Wildman–Crippen MR) is 73.6 cm³/mol. The number of hydrogen-bond acceptors (Lipinski definition) is 5. The fraction of sp³-hybridized carbons (Fsp3) is 0.615. The molecule has 1 aromatic heterocycles. The van der Waals surface area contributed by atoms with Crippen LogP contribution in [0.5, 0.6) is 0 Å². The molecule has 1 atom stereocenters. The maximum atomic E-state index is 9.07. The van der Waals surface area contributed by atoms with Gasteiger partial charge in [0.05, 0.1) is 5.69 Å². The first-order valence-electron chi connectivity index (χ1n) is 6.49. The smallest absolute Gasteiger partial charge is 0.151 e. The van der Waals surface area contributed by atoms with Crippen LogP contribution in [0.3, 0.4) is 0 Å². The van der Waals surface area contributed by atoms with Crippen LogP contribution >= 0.6 is 0 Å². The number of aromatic nitrogens is 1. The summed E-state index contributed by atoms with van der Waals surface area (Å²) in [5.74, 6) is 1.24. The molecule has 1 aliphatic heterocycles. The van der Waals surface area contributed by atoms with Crippen LogP contribution in [0, 0.1) is 5.92 Å². The standard InChI is InChI=1S/C13H22N4O/c1-11(10-18)9-16-5-7-17(8-6-16)13-12(14)3-2-4-15-13/h2-4,11,18H,5-10,14H2,1H3. The average molecular weight is 250 g/mol. The van der Waals surface area contributed by atoms with Crippen molar-refractivity contribution in [2.45, 2.75) is 6.92 Å². The molecule has 0 amide bonds. The fourth-order valence-corrected chi connectivity index (χ4v) is 2.31. The van der Waals surface area contributed by atoms with Crippen molar-refractivity contribution in [2.24, 2.45) is 5.92 Å². The third-order valence-electron chi connectivity index (χ3n) is 3.37. The zero-order valence-electron chi connectivity index (χ0n) is 10.9. The maximum Gasteiger partial charge on any atom is 0.151 e. The molecule has 2 rings (SSSR count). The van der Waals surface area contributed by atoms with Crippen LogP contribution in [0.4, 0.5) is 11.5 Å². The van der Waals surface area contributed by atoms with E-state index in [1.165, 1.54) is 0 Å². The van der Waals surface area contributed by atoms with Crippen LogP contribution in [0.1, 0.15) is 6.92 Å². The summed E-state index contributed by atoms with van der Waals surface area (Å²) in [6, 6.07) is 3.75. The number of piperazine rings is 1. The minimum atomic E-state index is 0.257. The van der Waals surface area contributed by atoms with Crippen LogP contribution in [-0.2, 0) is 0 Å². The molecule has 5 heteroatoms. The summed E-state index contributed by atoms with van der Waals surface area (Å²) >= 11 is 0. The number of nitrogens with zero attached hydrogens (tertiary/aromatic N) is 3. The number of nitrogen functional groups attached to an aromatic ring is 1. The Hall–Kier alpha value is -1.33. The highest BCUT2D eigenvalue weighted by Crippen LogP contribution is 2.20. The molecule has 1 fully saturated rings. The summed E-state index contributed by atoms with van der Waals surface area (Å²) in [5, 5.41) is 9.07. The van der Waals surface area contributed by atoms with Gasteiger partial charge in [0.25, 0.3) is 0 Å². The van der Waals surface area contributed by atoms with E-state index < -0.39 is 0 Å². The Labute approximate surface area is 108 Å². The molecule has 18 heavy (non-hydrogen) atoms. The summed E-state index contributed by atoms with van der Waals surface area (Å²) in [7, 11) is 0. The van der Waals surface area contributed by atoms with Gasteiger partial charge in [-0.15, -0.1) is 0 Å². The maximum absolute atomic E-state index is 9.07. The lowest BCUT2D eigenvalue weighted by Crippen LogP contribution is -2.48. The Morgan fingerprint density at radius 3 is 2.72 bits per heavy atom. The number of aliphatic hydroxyl groups is 1. The lowest BCUT2D eigenvalue weighted by molar-refractivity contribution is 0.167. The quantitative estimate of drug-likeness (QED) is 0.810. The Morgan fingerprint density at radius 2 is 2.11 bits per heavy atom. The fourth-order valence-electron chi connectivity index (χ4n) is 2.31. The van der Waals surface area contributed by atoms with Gasteiger partial charge in [-0.2, -0.15) is 0 Å². The normalized spacial score (nSPS) is 18.9.